The van der Waals surface area contributed by atoms with Crippen LogP contribution in [0.2, 0.25) is 0 Å². The van der Waals surface area contributed by atoms with Crippen LogP contribution >= 0.6 is 15.9 Å². The lowest BCUT2D eigenvalue weighted by molar-refractivity contribution is 0.698. The van der Waals surface area contributed by atoms with Crippen LogP contribution in [-0.2, 0) is 0 Å². The van der Waals surface area contributed by atoms with E-state index in [1.807, 2.05) is 6.07 Å². The van der Waals surface area contributed by atoms with Crippen LogP contribution in [0.4, 0.5) is 5.82 Å². The van der Waals surface area contributed by atoms with E-state index in [1.165, 1.54) is 25.7 Å². The minimum absolute atomic E-state index is 0.427. The molecule has 1 saturated carbocycles. The minimum atomic E-state index is 0.427. The predicted molar refractivity (Wildman–Crippen MR) is 62.3 cm³/mol. The molecule has 0 radical (unpaired) electrons. The summed E-state index contributed by atoms with van der Waals surface area (Å²) < 4.78 is 0.617. The molecule has 15 heavy (non-hydrogen) atoms. The van der Waals surface area contributed by atoms with Crippen molar-refractivity contribution < 1.29 is 0 Å². The molecule has 0 amide bonds. The van der Waals surface area contributed by atoms with Gasteiger partial charge in [-0.2, -0.15) is 5.26 Å². The van der Waals surface area contributed by atoms with E-state index in [0.29, 0.717) is 21.8 Å². The second-order valence-corrected chi connectivity index (χ2v) is 4.68. The van der Waals surface area contributed by atoms with E-state index in [-0.39, 0.29) is 0 Å². The highest BCUT2D eigenvalue weighted by molar-refractivity contribution is 9.10. The van der Waals surface area contributed by atoms with Crippen molar-refractivity contribution in [1.82, 2.24) is 4.98 Å². The summed E-state index contributed by atoms with van der Waals surface area (Å²) in [5.74, 6) is 0.920. The Balaban J connectivity index is 2.41. The molecule has 0 atom stereocenters. The number of hydrogen-bond donors (Lipinski definition) is 1. The van der Waals surface area contributed by atoms with Gasteiger partial charge < -0.3 is 5.73 Å². The Morgan fingerprint density at radius 3 is 2.73 bits per heavy atom. The number of nitrogens with two attached hydrogens (primary N) is 1. The summed E-state index contributed by atoms with van der Waals surface area (Å²) in [7, 11) is 0. The van der Waals surface area contributed by atoms with Gasteiger partial charge in [0, 0.05) is 11.6 Å². The van der Waals surface area contributed by atoms with Gasteiger partial charge in [0.2, 0.25) is 0 Å². The van der Waals surface area contributed by atoms with Crippen molar-refractivity contribution in [3.63, 3.8) is 0 Å². The molecule has 1 fully saturated rings. The SMILES string of the molecule is N#Cc1cc(C2CCCC2)nc(N)c1Br. The second kappa shape index (κ2) is 4.19. The van der Waals surface area contributed by atoms with E-state index in [0.717, 1.165) is 5.69 Å². The first-order valence-corrected chi connectivity index (χ1v) is 5.87. The molecular formula is C11H12BrN3. The van der Waals surface area contributed by atoms with E-state index in [1.54, 1.807) is 0 Å². The number of nitrogens with zero attached hydrogens (tertiary/aromatic N) is 2. The highest BCUT2D eigenvalue weighted by Crippen LogP contribution is 2.35. The number of hydrogen-bond acceptors (Lipinski definition) is 3. The molecule has 0 saturated heterocycles. The maximum Gasteiger partial charge on any atom is 0.139 e. The zero-order chi connectivity index (χ0) is 10.8. The van der Waals surface area contributed by atoms with Crippen molar-refractivity contribution in [3.8, 4) is 6.07 Å². The molecule has 1 aromatic heterocycles. The van der Waals surface area contributed by atoms with Gasteiger partial charge in [-0.05, 0) is 34.8 Å². The Kier molecular flexibility index (Phi) is 2.92. The van der Waals surface area contributed by atoms with E-state index < -0.39 is 0 Å². The zero-order valence-electron chi connectivity index (χ0n) is 8.33. The number of pyridine rings is 1. The first kappa shape index (κ1) is 10.4. The van der Waals surface area contributed by atoms with E-state index in [4.69, 9.17) is 11.0 Å². The number of nitriles is 1. The molecule has 1 aliphatic rings. The summed E-state index contributed by atoms with van der Waals surface area (Å²) in [6.45, 7) is 0. The molecule has 0 spiro atoms. The molecule has 1 heterocycles. The lowest BCUT2D eigenvalue weighted by atomic mass is 10.0. The van der Waals surface area contributed by atoms with Gasteiger partial charge in [-0.25, -0.2) is 4.98 Å². The van der Waals surface area contributed by atoms with E-state index >= 15 is 0 Å². The third-order valence-electron chi connectivity index (χ3n) is 2.90. The Bertz CT molecular complexity index is 417. The summed E-state index contributed by atoms with van der Waals surface area (Å²) in [5.41, 5.74) is 7.32. The van der Waals surface area contributed by atoms with Crippen molar-refractivity contribution in [2.75, 3.05) is 5.73 Å². The summed E-state index contributed by atoms with van der Waals surface area (Å²) >= 11 is 3.27. The second-order valence-electron chi connectivity index (χ2n) is 3.89. The molecule has 78 valence electrons. The van der Waals surface area contributed by atoms with Gasteiger partial charge in [0.15, 0.2) is 0 Å². The van der Waals surface area contributed by atoms with Crippen molar-refractivity contribution in [1.29, 1.82) is 5.26 Å². The number of halogens is 1. The predicted octanol–water partition coefficient (Wildman–Crippen LogP) is 2.96. The molecule has 3 nitrogen and oxygen atoms in total. The molecule has 0 aliphatic heterocycles. The molecule has 2 rings (SSSR count). The Hall–Kier alpha value is -1.08. The van der Waals surface area contributed by atoms with Gasteiger partial charge in [0.1, 0.15) is 11.9 Å². The largest absolute Gasteiger partial charge is 0.383 e. The van der Waals surface area contributed by atoms with Crippen molar-refractivity contribution in [3.05, 3.63) is 21.8 Å². The van der Waals surface area contributed by atoms with E-state index in [2.05, 4.69) is 27.0 Å². The average molecular weight is 266 g/mol. The summed E-state index contributed by atoms with van der Waals surface area (Å²) in [4.78, 5) is 4.34. The lowest BCUT2D eigenvalue weighted by Gasteiger charge is -2.10. The highest BCUT2D eigenvalue weighted by Gasteiger charge is 2.20. The summed E-state index contributed by atoms with van der Waals surface area (Å²) in [6, 6.07) is 3.99. The van der Waals surface area contributed by atoms with Crippen LogP contribution < -0.4 is 5.73 Å². The number of aromatic nitrogens is 1. The number of rotatable bonds is 1. The van der Waals surface area contributed by atoms with Gasteiger partial charge >= 0.3 is 0 Å². The fourth-order valence-corrected chi connectivity index (χ4v) is 2.37. The van der Waals surface area contributed by atoms with Crippen LogP contribution in [0.15, 0.2) is 10.5 Å². The highest BCUT2D eigenvalue weighted by atomic mass is 79.9. The van der Waals surface area contributed by atoms with Crippen LogP contribution in [0.25, 0.3) is 0 Å². The molecule has 1 aromatic rings. The third kappa shape index (κ3) is 1.98. The van der Waals surface area contributed by atoms with Crippen LogP contribution in [0, 0.1) is 11.3 Å². The van der Waals surface area contributed by atoms with Crippen LogP contribution in [0.3, 0.4) is 0 Å². The fraction of sp³-hybridized carbons (Fsp3) is 0.455. The standard InChI is InChI=1S/C11H12BrN3/c12-10-8(6-13)5-9(15-11(10)14)7-3-1-2-4-7/h5,7H,1-4H2,(H2,14,15). The summed E-state index contributed by atoms with van der Waals surface area (Å²) in [6.07, 6.45) is 4.84. The van der Waals surface area contributed by atoms with Gasteiger partial charge in [-0.15, -0.1) is 0 Å². The van der Waals surface area contributed by atoms with Gasteiger partial charge in [0.05, 0.1) is 10.0 Å². The van der Waals surface area contributed by atoms with Gasteiger partial charge in [0.25, 0.3) is 0 Å². The quantitative estimate of drug-likeness (QED) is 0.849. The molecule has 4 heteroatoms. The molecule has 0 bridgehead atoms. The Morgan fingerprint density at radius 1 is 1.47 bits per heavy atom. The first-order chi connectivity index (χ1) is 7.22. The molecule has 2 N–H and O–H groups in total. The third-order valence-corrected chi connectivity index (χ3v) is 3.73. The number of anilines is 1. The molecule has 0 unspecified atom stereocenters. The number of nitrogen functional groups attached to an aromatic ring is 1. The maximum absolute atomic E-state index is 8.95. The molecule has 0 aromatic carbocycles. The minimum Gasteiger partial charge on any atom is -0.383 e. The van der Waals surface area contributed by atoms with Crippen LogP contribution in [0.1, 0.15) is 42.9 Å². The summed E-state index contributed by atoms with van der Waals surface area (Å²) in [5, 5.41) is 8.95. The first-order valence-electron chi connectivity index (χ1n) is 5.08. The molecular weight excluding hydrogens is 254 g/mol. The normalized spacial score (nSPS) is 16.5. The van der Waals surface area contributed by atoms with Crippen molar-refractivity contribution in [2.45, 2.75) is 31.6 Å². The van der Waals surface area contributed by atoms with Crippen molar-refractivity contribution >= 4 is 21.7 Å². The monoisotopic (exact) mass is 265 g/mol. The maximum atomic E-state index is 8.95. The van der Waals surface area contributed by atoms with Crippen LogP contribution in [-0.4, -0.2) is 4.98 Å². The average Bonchev–Trinajstić information content (AvgIpc) is 2.75. The fourth-order valence-electron chi connectivity index (χ4n) is 2.08. The smallest absolute Gasteiger partial charge is 0.139 e. The van der Waals surface area contributed by atoms with Crippen LogP contribution in [0.5, 0.6) is 0 Å². The van der Waals surface area contributed by atoms with Gasteiger partial charge in [-0.1, -0.05) is 12.8 Å². The lowest BCUT2D eigenvalue weighted by Crippen LogP contribution is -2.02. The Labute approximate surface area is 97.4 Å². The Morgan fingerprint density at radius 2 is 2.13 bits per heavy atom. The van der Waals surface area contributed by atoms with Crippen molar-refractivity contribution in [2.24, 2.45) is 0 Å². The van der Waals surface area contributed by atoms with Gasteiger partial charge in [-0.3, -0.25) is 0 Å². The topological polar surface area (TPSA) is 62.7 Å². The zero-order valence-corrected chi connectivity index (χ0v) is 9.92. The van der Waals surface area contributed by atoms with E-state index in [9.17, 15) is 0 Å². The molecule has 1 aliphatic carbocycles.